The molecule has 1 atom stereocenters. The molecule has 1 aromatic carbocycles. The number of nitrogens with zero attached hydrogens (tertiary/aromatic N) is 3. The summed E-state index contributed by atoms with van der Waals surface area (Å²) >= 11 is 0. The van der Waals surface area contributed by atoms with Gasteiger partial charge >= 0.3 is 0 Å². The molecule has 2 aliphatic heterocycles. The molecule has 1 unspecified atom stereocenters. The lowest BCUT2D eigenvalue weighted by atomic mass is 9.66. The van der Waals surface area contributed by atoms with Gasteiger partial charge in [-0.15, -0.1) is 0 Å². The van der Waals surface area contributed by atoms with Gasteiger partial charge in [0, 0.05) is 45.7 Å². The van der Waals surface area contributed by atoms with Gasteiger partial charge in [-0.3, -0.25) is 14.4 Å². The zero-order valence-electron chi connectivity index (χ0n) is 16.9. The molecule has 1 fully saturated rings. The molecule has 1 spiro atoms. The quantitative estimate of drug-likeness (QED) is 0.800. The number of carbonyl (C=O) groups excluding carboxylic acids is 3. The Morgan fingerprint density at radius 3 is 2.26 bits per heavy atom. The Hall–Kier alpha value is -2.37. The Morgan fingerprint density at radius 2 is 1.74 bits per heavy atom. The van der Waals surface area contributed by atoms with Crippen molar-refractivity contribution in [2.45, 2.75) is 51.1 Å². The van der Waals surface area contributed by atoms with E-state index in [1.807, 2.05) is 47.9 Å². The molecule has 146 valence electrons. The van der Waals surface area contributed by atoms with Gasteiger partial charge in [-0.05, 0) is 38.3 Å². The van der Waals surface area contributed by atoms with Crippen LogP contribution in [0.25, 0.3) is 0 Å². The van der Waals surface area contributed by atoms with E-state index in [2.05, 4.69) is 0 Å². The summed E-state index contributed by atoms with van der Waals surface area (Å²) in [6.45, 7) is 6.70. The predicted octanol–water partition coefficient (Wildman–Crippen LogP) is 2.10. The van der Waals surface area contributed by atoms with Gasteiger partial charge in [-0.1, -0.05) is 18.2 Å². The van der Waals surface area contributed by atoms with E-state index in [1.165, 1.54) is 0 Å². The van der Waals surface area contributed by atoms with E-state index in [-0.39, 0.29) is 23.8 Å². The van der Waals surface area contributed by atoms with Crippen LogP contribution in [-0.4, -0.2) is 71.2 Å². The van der Waals surface area contributed by atoms with Gasteiger partial charge in [0.2, 0.25) is 11.8 Å². The summed E-state index contributed by atoms with van der Waals surface area (Å²) in [7, 11) is 3.53. The zero-order chi connectivity index (χ0) is 19.9. The fraction of sp³-hybridized carbons (Fsp3) is 0.571. The van der Waals surface area contributed by atoms with Crippen molar-refractivity contribution in [2.75, 3.05) is 27.2 Å². The smallest absolute Gasteiger partial charge is 0.254 e. The van der Waals surface area contributed by atoms with Crippen molar-refractivity contribution < 1.29 is 14.4 Å². The first-order valence-electron chi connectivity index (χ1n) is 9.60. The minimum Gasteiger partial charge on any atom is -0.348 e. The summed E-state index contributed by atoms with van der Waals surface area (Å²) in [5.74, 6) is -0.381. The highest BCUT2D eigenvalue weighted by Gasteiger charge is 2.56. The van der Waals surface area contributed by atoms with Gasteiger partial charge in [0.25, 0.3) is 5.91 Å². The lowest BCUT2D eigenvalue weighted by molar-refractivity contribution is -0.138. The van der Waals surface area contributed by atoms with Crippen LogP contribution in [0.3, 0.4) is 0 Å². The highest BCUT2D eigenvalue weighted by atomic mass is 16.2. The van der Waals surface area contributed by atoms with Crippen LogP contribution in [0.15, 0.2) is 24.3 Å². The molecule has 0 bridgehead atoms. The Kier molecular flexibility index (Phi) is 5.02. The van der Waals surface area contributed by atoms with Crippen LogP contribution in [0.5, 0.6) is 0 Å². The maximum atomic E-state index is 13.4. The van der Waals surface area contributed by atoms with Gasteiger partial charge < -0.3 is 14.7 Å². The third kappa shape index (κ3) is 3.01. The number of likely N-dealkylation sites (tertiary alicyclic amines) is 1. The van der Waals surface area contributed by atoms with Gasteiger partial charge in [0.15, 0.2) is 0 Å². The number of benzene rings is 1. The van der Waals surface area contributed by atoms with E-state index < -0.39 is 11.5 Å². The Labute approximate surface area is 161 Å². The number of hydrogen-bond acceptors (Lipinski definition) is 3. The summed E-state index contributed by atoms with van der Waals surface area (Å²) in [4.78, 5) is 43.9. The van der Waals surface area contributed by atoms with E-state index >= 15 is 0 Å². The van der Waals surface area contributed by atoms with E-state index in [1.54, 1.807) is 25.9 Å². The maximum Gasteiger partial charge on any atom is 0.254 e. The summed E-state index contributed by atoms with van der Waals surface area (Å²) < 4.78 is 0. The summed E-state index contributed by atoms with van der Waals surface area (Å²) in [5, 5.41) is 0. The summed E-state index contributed by atoms with van der Waals surface area (Å²) in [5.41, 5.74) is 0.827. The highest BCUT2D eigenvalue weighted by Crippen LogP contribution is 2.48. The first kappa shape index (κ1) is 19.4. The van der Waals surface area contributed by atoms with E-state index in [9.17, 15) is 14.4 Å². The van der Waals surface area contributed by atoms with Crippen LogP contribution >= 0.6 is 0 Å². The standard InChI is InChI=1S/C21H29N3O3/c1-14(2)24-19(26)17-9-7-6-8-16(17)18(20(27)22(4)5)21(24)10-12-23(13-11-21)15(3)25/h6-9,14,18H,10-13H2,1-5H3. The number of carbonyl (C=O) groups is 3. The molecule has 2 aliphatic rings. The molecule has 6 heteroatoms. The number of piperidine rings is 1. The van der Waals surface area contributed by atoms with Crippen molar-refractivity contribution in [3.8, 4) is 0 Å². The van der Waals surface area contributed by atoms with Crippen LogP contribution in [0.4, 0.5) is 0 Å². The summed E-state index contributed by atoms with van der Waals surface area (Å²) in [6, 6.07) is 7.44. The average molecular weight is 371 g/mol. The lowest BCUT2D eigenvalue weighted by Gasteiger charge is -2.56. The highest BCUT2D eigenvalue weighted by molar-refractivity contribution is 6.02. The fourth-order valence-corrected chi connectivity index (χ4v) is 4.81. The molecule has 0 aromatic heterocycles. The molecule has 27 heavy (non-hydrogen) atoms. The fourth-order valence-electron chi connectivity index (χ4n) is 4.81. The molecular formula is C21H29N3O3. The molecule has 2 heterocycles. The van der Waals surface area contributed by atoms with Crippen molar-refractivity contribution in [1.29, 1.82) is 0 Å². The van der Waals surface area contributed by atoms with Crippen molar-refractivity contribution in [3.63, 3.8) is 0 Å². The second-order valence-electron chi connectivity index (χ2n) is 8.13. The lowest BCUT2D eigenvalue weighted by Crippen LogP contribution is -2.67. The molecule has 6 nitrogen and oxygen atoms in total. The van der Waals surface area contributed by atoms with Crippen LogP contribution in [0.2, 0.25) is 0 Å². The first-order chi connectivity index (χ1) is 12.7. The molecule has 3 amide bonds. The minimum absolute atomic E-state index is 0.0110. The predicted molar refractivity (Wildman–Crippen MR) is 103 cm³/mol. The number of rotatable bonds is 2. The SMILES string of the molecule is CC(=O)N1CCC2(CC1)C(C(=O)N(C)C)c1ccccc1C(=O)N2C(C)C. The van der Waals surface area contributed by atoms with E-state index in [4.69, 9.17) is 0 Å². The average Bonchev–Trinajstić information content (AvgIpc) is 2.61. The maximum absolute atomic E-state index is 13.4. The number of fused-ring (bicyclic) bond motifs is 1. The second-order valence-corrected chi connectivity index (χ2v) is 8.13. The Bertz CT molecular complexity index is 764. The van der Waals surface area contributed by atoms with Crippen molar-refractivity contribution >= 4 is 17.7 Å². The summed E-state index contributed by atoms with van der Waals surface area (Å²) in [6.07, 6.45) is 1.21. The monoisotopic (exact) mass is 371 g/mol. The number of likely N-dealkylation sites (N-methyl/N-ethyl adjacent to an activating group) is 1. The Morgan fingerprint density at radius 1 is 1.15 bits per heavy atom. The molecule has 0 N–H and O–H groups in total. The molecule has 1 saturated heterocycles. The van der Waals surface area contributed by atoms with Crippen LogP contribution in [-0.2, 0) is 9.59 Å². The van der Waals surface area contributed by atoms with Crippen LogP contribution < -0.4 is 0 Å². The Balaban J connectivity index is 2.18. The third-order valence-corrected chi connectivity index (χ3v) is 6.02. The van der Waals surface area contributed by atoms with Crippen LogP contribution in [0, 0.1) is 0 Å². The number of amides is 3. The molecule has 3 rings (SSSR count). The third-order valence-electron chi connectivity index (χ3n) is 6.02. The minimum atomic E-state index is -0.604. The first-order valence-corrected chi connectivity index (χ1v) is 9.60. The molecule has 0 aliphatic carbocycles. The van der Waals surface area contributed by atoms with E-state index in [0.717, 1.165) is 5.56 Å². The van der Waals surface area contributed by atoms with Gasteiger partial charge in [0.1, 0.15) is 0 Å². The van der Waals surface area contributed by atoms with Crippen molar-refractivity contribution in [2.24, 2.45) is 0 Å². The van der Waals surface area contributed by atoms with Gasteiger partial charge in [0.05, 0.1) is 11.5 Å². The molecule has 0 radical (unpaired) electrons. The van der Waals surface area contributed by atoms with E-state index in [0.29, 0.717) is 31.5 Å². The molecular weight excluding hydrogens is 342 g/mol. The van der Waals surface area contributed by atoms with Crippen molar-refractivity contribution in [3.05, 3.63) is 35.4 Å². The molecule has 1 aromatic rings. The topological polar surface area (TPSA) is 60.9 Å². The van der Waals surface area contributed by atoms with Crippen LogP contribution in [0.1, 0.15) is 55.5 Å². The second kappa shape index (κ2) is 6.98. The van der Waals surface area contributed by atoms with Crippen molar-refractivity contribution in [1.82, 2.24) is 14.7 Å². The zero-order valence-corrected chi connectivity index (χ0v) is 16.9. The van der Waals surface area contributed by atoms with Gasteiger partial charge in [-0.25, -0.2) is 0 Å². The normalized spacial score (nSPS) is 21.4. The molecule has 0 saturated carbocycles. The number of hydrogen-bond donors (Lipinski definition) is 0. The largest absolute Gasteiger partial charge is 0.348 e. The van der Waals surface area contributed by atoms with Gasteiger partial charge in [-0.2, -0.15) is 0 Å².